The quantitative estimate of drug-likeness (QED) is 0.382. The van der Waals surface area contributed by atoms with Gasteiger partial charge in [0.25, 0.3) is 10.1 Å². The first-order chi connectivity index (χ1) is 5.85. The predicted octanol–water partition coefficient (Wildman–Crippen LogP) is 0.133. The number of alkyl halides is 1. The van der Waals surface area contributed by atoms with Crippen LogP contribution < -0.4 is 0 Å². The van der Waals surface area contributed by atoms with Crippen LogP contribution >= 0.6 is 11.6 Å². The van der Waals surface area contributed by atoms with Crippen LogP contribution in [-0.4, -0.2) is 39.2 Å². The summed E-state index contributed by atoms with van der Waals surface area (Å²) in [4.78, 5) is 10.4. The fourth-order valence-corrected chi connectivity index (χ4v) is 1.40. The molecule has 0 aromatic heterocycles. The van der Waals surface area contributed by atoms with Gasteiger partial charge in [0.05, 0.1) is 12.1 Å². The summed E-state index contributed by atoms with van der Waals surface area (Å²) in [5, 5.41) is 0. The van der Waals surface area contributed by atoms with Crippen molar-refractivity contribution in [3.8, 4) is 0 Å². The molecule has 0 rings (SSSR count). The van der Waals surface area contributed by atoms with Gasteiger partial charge in [-0.15, -0.1) is 11.6 Å². The van der Waals surface area contributed by atoms with Crippen molar-refractivity contribution in [2.24, 2.45) is 0 Å². The molecule has 0 aliphatic carbocycles. The topological polar surface area (TPSA) is 69.7 Å². The SMILES string of the molecule is CC(=O)OC[C@H](CCl)OS(C)(=O)=O. The van der Waals surface area contributed by atoms with E-state index in [1.807, 2.05) is 0 Å². The molecule has 1 atom stereocenters. The average Bonchev–Trinajstić information content (AvgIpc) is 1.95. The zero-order valence-corrected chi connectivity index (χ0v) is 8.89. The lowest BCUT2D eigenvalue weighted by Gasteiger charge is -2.12. The number of hydrogen-bond donors (Lipinski definition) is 0. The summed E-state index contributed by atoms with van der Waals surface area (Å²) in [7, 11) is -3.56. The van der Waals surface area contributed by atoms with E-state index in [4.69, 9.17) is 11.6 Å². The first kappa shape index (κ1) is 12.7. The molecule has 13 heavy (non-hydrogen) atoms. The van der Waals surface area contributed by atoms with Crippen molar-refractivity contribution in [1.29, 1.82) is 0 Å². The molecule has 0 fully saturated rings. The standard InChI is InChI=1S/C6H11ClO5S/c1-5(8)11-4-6(3-7)12-13(2,9)10/h6H,3-4H2,1-2H3/t6-/m0/s1. The van der Waals surface area contributed by atoms with Crippen molar-refractivity contribution < 1.29 is 22.1 Å². The van der Waals surface area contributed by atoms with Crippen LogP contribution in [0, 0.1) is 0 Å². The third-order valence-corrected chi connectivity index (χ3v) is 1.92. The Morgan fingerprint density at radius 2 is 2.08 bits per heavy atom. The van der Waals surface area contributed by atoms with Crippen LogP contribution in [-0.2, 0) is 23.8 Å². The van der Waals surface area contributed by atoms with Gasteiger partial charge in [0.15, 0.2) is 0 Å². The Hall–Kier alpha value is -0.330. The Morgan fingerprint density at radius 3 is 2.38 bits per heavy atom. The third-order valence-electron chi connectivity index (χ3n) is 0.955. The molecule has 5 nitrogen and oxygen atoms in total. The van der Waals surface area contributed by atoms with Crippen molar-refractivity contribution in [2.75, 3.05) is 18.7 Å². The van der Waals surface area contributed by atoms with Gasteiger partial charge in [-0.25, -0.2) is 0 Å². The van der Waals surface area contributed by atoms with Gasteiger partial charge in [-0.3, -0.25) is 8.98 Å². The van der Waals surface area contributed by atoms with Gasteiger partial charge in [-0.1, -0.05) is 0 Å². The highest BCUT2D eigenvalue weighted by atomic mass is 35.5. The second kappa shape index (κ2) is 5.41. The number of rotatable bonds is 5. The van der Waals surface area contributed by atoms with Crippen LogP contribution in [0.3, 0.4) is 0 Å². The molecule has 0 bridgehead atoms. The summed E-state index contributed by atoms with van der Waals surface area (Å²) in [6, 6.07) is 0. The predicted molar refractivity (Wildman–Crippen MR) is 47.1 cm³/mol. The minimum atomic E-state index is -3.56. The summed E-state index contributed by atoms with van der Waals surface area (Å²) in [5.74, 6) is -0.562. The van der Waals surface area contributed by atoms with E-state index in [-0.39, 0.29) is 12.5 Å². The largest absolute Gasteiger partial charge is 0.463 e. The Kier molecular flexibility index (Phi) is 5.27. The first-order valence-electron chi connectivity index (χ1n) is 3.42. The average molecular weight is 231 g/mol. The fraction of sp³-hybridized carbons (Fsp3) is 0.833. The van der Waals surface area contributed by atoms with Crippen molar-refractivity contribution >= 4 is 27.7 Å². The molecule has 0 aromatic rings. The zero-order valence-electron chi connectivity index (χ0n) is 7.32. The minimum absolute atomic E-state index is 0.0552. The van der Waals surface area contributed by atoms with Crippen LogP contribution in [0.4, 0.5) is 0 Å². The number of carbonyl (C=O) groups is 1. The summed E-state index contributed by atoms with van der Waals surface area (Å²) in [6.07, 6.45) is 0.0842. The molecule has 0 amide bonds. The first-order valence-corrected chi connectivity index (χ1v) is 5.78. The highest BCUT2D eigenvalue weighted by Gasteiger charge is 2.15. The number of halogens is 1. The molecule has 0 aliphatic rings. The van der Waals surface area contributed by atoms with E-state index in [0.717, 1.165) is 6.26 Å². The summed E-state index contributed by atoms with van der Waals surface area (Å²) >= 11 is 5.38. The highest BCUT2D eigenvalue weighted by Crippen LogP contribution is 2.01. The van der Waals surface area contributed by atoms with Gasteiger partial charge in [-0.2, -0.15) is 8.42 Å². The maximum Gasteiger partial charge on any atom is 0.302 e. The van der Waals surface area contributed by atoms with Crippen molar-refractivity contribution in [3.05, 3.63) is 0 Å². The van der Waals surface area contributed by atoms with Gasteiger partial charge in [-0.05, 0) is 0 Å². The third kappa shape index (κ3) is 8.01. The molecular weight excluding hydrogens is 220 g/mol. The van der Waals surface area contributed by atoms with Gasteiger partial charge >= 0.3 is 5.97 Å². The lowest BCUT2D eigenvalue weighted by atomic mass is 10.4. The van der Waals surface area contributed by atoms with Crippen LogP contribution in [0.1, 0.15) is 6.92 Å². The molecule has 0 saturated heterocycles. The molecule has 0 aliphatic heterocycles. The Balaban J connectivity index is 3.98. The second-order valence-electron chi connectivity index (χ2n) is 2.38. The summed E-state index contributed by atoms with van der Waals surface area (Å²) in [6.45, 7) is 1.05. The molecule has 0 heterocycles. The molecule has 0 aromatic carbocycles. The van der Waals surface area contributed by atoms with Gasteiger partial charge < -0.3 is 4.74 Å². The van der Waals surface area contributed by atoms with Crippen LogP contribution in [0.15, 0.2) is 0 Å². The van der Waals surface area contributed by atoms with E-state index >= 15 is 0 Å². The molecule has 0 spiro atoms. The van der Waals surface area contributed by atoms with Crippen LogP contribution in [0.25, 0.3) is 0 Å². The number of esters is 1. The molecule has 0 radical (unpaired) electrons. The molecule has 0 unspecified atom stereocenters. The van der Waals surface area contributed by atoms with E-state index < -0.39 is 22.2 Å². The molecule has 0 saturated carbocycles. The van der Waals surface area contributed by atoms with Gasteiger partial charge in [0.1, 0.15) is 12.7 Å². The minimum Gasteiger partial charge on any atom is -0.463 e. The van der Waals surface area contributed by atoms with Crippen LogP contribution in [0.2, 0.25) is 0 Å². The number of hydrogen-bond acceptors (Lipinski definition) is 5. The normalized spacial score (nSPS) is 13.8. The van der Waals surface area contributed by atoms with Crippen molar-refractivity contribution in [3.63, 3.8) is 0 Å². The Bertz CT molecular complexity index is 260. The van der Waals surface area contributed by atoms with Gasteiger partial charge in [0, 0.05) is 6.92 Å². The van der Waals surface area contributed by atoms with E-state index in [2.05, 4.69) is 8.92 Å². The van der Waals surface area contributed by atoms with Crippen molar-refractivity contribution in [1.82, 2.24) is 0 Å². The summed E-state index contributed by atoms with van der Waals surface area (Å²) in [5.41, 5.74) is 0. The van der Waals surface area contributed by atoms with Crippen molar-refractivity contribution in [2.45, 2.75) is 13.0 Å². The molecule has 7 heteroatoms. The van der Waals surface area contributed by atoms with Crippen LogP contribution in [0.5, 0.6) is 0 Å². The molecule has 78 valence electrons. The molecule has 0 N–H and O–H groups in total. The lowest BCUT2D eigenvalue weighted by molar-refractivity contribution is -0.143. The van der Waals surface area contributed by atoms with Gasteiger partial charge in [0.2, 0.25) is 0 Å². The smallest absolute Gasteiger partial charge is 0.302 e. The Morgan fingerprint density at radius 1 is 1.54 bits per heavy atom. The molecular formula is C6H11ClO5S. The van der Waals surface area contributed by atoms with E-state index in [1.54, 1.807) is 0 Å². The highest BCUT2D eigenvalue weighted by molar-refractivity contribution is 7.86. The monoisotopic (exact) mass is 230 g/mol. The maximum absolute atomic E-state index is 10.6. The second-order valence-corrected chi connectivity index (χ2v) is 4.29. The maximum atomic E-state index is 10.6. The van der Waals surface area contributed by atoms with E-state index in [0.29, 0.717) is 0 Å². The summed E-state index contributed by atoms with van der Waals surface area (Å²) < 4.78 is 30.3. The van der Waals surface area contributed by atoms with E-state index in [1.165, 1.54) is 6.92 Å². The zero-order chi connectivity index (χ0) is 10.5. The number of carbonyl (C=O) groups excluding carboxylic acids is 1. The fourth-order valence-electron chi connectivity index (χ4n) is 0.556. The lowest BCUT2D eigenvalue weighted by Crippen LogP contribution is -2.25. The van der Waals surface area contributed by atoms with E-state index in [9.17, 15) is 13.2 Å². The number of ether oxygens (including phenoxy) is 1. The Labute approximate surface area is 82.1 Å².